The van der Waals surface area contributed by atoms with Crippen LogP contribution in [-0.2, 0) is 7.05 Å². The highest BCUT2D eigenvalue weighted by atomic mass is 127. The molecule has 4 nitrogen and oxygen atoms in total. The highest BCUT2D eigenvalue weighted by molar-refractivity contribution is 14.1. The lowest BCUT2D eigenvalue weighted by molar-refractivity contribution is 0.101. The van der Waals surface area contributed by atoms with Gasteiger partial charge in [-0.3, -0.25) is 9.48 Å². The van der Waals surface area contributed by atoms with E-state index in [9.17, 15) is 4.79 Å². The average Bonchev–Trinajstić information content (AvgIpc) is 2.63. The lowest BCUT2D eigenvalue weighted by Gasteiger charge is -2.09. The zero-order chi connectivity index (χ0) is 13.3. The van der Waals surface area contributed by atoms with Crippen molar-refractivity contribution >= 4 is 34.2 Å². The van der Waals surface area contributed by atoms with Crippen LogP contribution < -0.4 is 5.32 Å². The summed E-state index contributed by atoms with van der Waals surface area (Å²) >= 11 is 2.11. The van der Waals surface area contributed by atoms with Crippen LogP contribution in [0, 0.1) is 17.4 Å². The molecule has 0 unspecified atom stereocenters. The number of halogens is 1. The van der Waals surface area contributed by atoms with E-state index < -0.39 is 0 Å². The van der Waals surface area contributed by atoms with E-state index in [0.717, 1.165) is 20.4 Å². The molecule has 1 aromatic carbocycles. The molecule has 1 amide bonds. The fourth-order valence-electron chi connectivity index (χ4n) is 1.72. The van der Waals surface area contributed by atoms with Gasteiger partial charge in [-0.15, -0.1) is 0 Å². The number of aromatic nitrogens is 2. The van der Waals surface area contributed by atoms with Crippen molar-refractivity contribution in [2.24, 2.45) is 7.05 Å². The fraction of sp³-hybridized carbons (Fsp3) is 0.231. The molecule has 1 aromatic heterocycles. The van der Waals surface area contributed by atoms with E-state index in [1.165, 1.54) is 0 Å². The number of carbonyl (C=O) groups is 1. The highest BCUT2D eigenvalue weighted by Crippen LogP contribution is 2.18. The molecule has 0 aliphatic rings. The molecule has 2 aromatic rings. The molecule has 2 rings (SSSR count). The Hall–Kier alpha value is -1.37. The third-order valence-corrected chi connectivity index (χ3v) is 3.54. The summed E-state index contributed by atoms with van der Waals surface area (Å²) < 4.78 is 2.43. The van der Waals surface area contributed by atoms with Crippen LogP contribution in [0.1, 0.15) is 21.6 Å². The minimum absolute atomic E-state index is 0.131. The topological polar surface area (TPSA) is 46.9 Å². The van der Waals surface area contributed by atoms with Gasteiger partial charge < -0.3 is 5.32 Å². The third kappa shape index (κ3) is 2.55. The summed E-state index contributed by atoms with van der Waals surface area (Å²) in [6.07, 6.45) is 1.68. The Bertz CT molecular complexity index is 585. The molecule has 1 N–H and O–H groups in total. The number of benzene rings is 1. The molecule has 0 atom stereocenters. The van der Waals surface area contributed by atoms with Gasteiger partial charge in [0.15, 0.2) is 0 Å². The molecule has 0 saturated heterocycles. The summed E-state index contributed by atoms with van der Waals surface area (Å²) in [7, 11) is 1.76. The second kappa shape index (κ2) is 5.09. The van der Waals surface area contributed by atoms with Crippen molar-refractivity contribution in [1.82, 2.24) is 9.78 Å². The SMILES string of the molecule is Cc1ccc(C)c(NC(=O)c2c(I)cnn2C)c1. The number of aryl methyl sites for hydroxylation is 3. The number of nitrogens with one attached hydrogen (secondary N) is 1. The molecule has 1 heterocycles. The molecular weight excluding hydrogens is 341 g/mol. The lowest BCUT2D eigenvalue weighted by Crippen LogP contribution is -2.18. The van der Waals surface area contributed by atoms with E-state index in [4.69, 9.17) is 0 Å². The molecule has 0 aliphatic carbocycles. The van der Waals surface area contributed by atoms with Gasteiger partial charge in [-0.1, -0.05) is 12.1 Å². The van der Waals surface area contributed by atoms with Gasteiger partial charge in [0.25, 0.3) is 5.91 Å². The maximum atomic E-state index is 12.2. The average molecular weight is 355 g/mol. The van der Waals surface area contributed by atoms with Gasteiger partial charge >= 0.3 is 0 Å². The standard InChI is InChI=1S/C13H14IN3O/c1-8-4-5-9(2)11(6-8)16-13(18)12-10(14)7-15-17(12)3/h4-7H,1-3H3,(H,16,18). The van der Waals surface area contributed by atoms with Crippen molar-refractivity contribution in [3.63, 3.8) is 0 Å². The number of amides is 1. The minimum Gasteiger partial charge on any atom is -0.320 e. The summed E-state index contributed by atoms with van der Waals surface area (Å²) in [4.78, 5) is 12.2. The summed E-state index contributed by atoms with van der Waals surface area (Å²) in [5.41, 5.74) is 3.59. The molecule has 0 radical (unpaired) electrons. The summed E-state index contributed by atoms with van der Waals surface area (Å²) in [6.45, 7) is 3.98. The van der Waals surface area contributed by atoms with Crippen molar-refractivity contribution in [3.8, 4) is 0 Å². The van der Waals surface area contributed by atoms with Gasteiger partial charge in [0, 0.05) is 12.7 Å². The number of hydrogen-bond donors (Lipinski definition) is 1. The molecule has 0 aliphatic heterocycles. The van der Waals surface area contributed by atoms with Gasteiger partial charge in [0.05, 0.1) is 9.77 Å². The lowest BCUT2D eigenvalue weighted by atomic mass is 10.1. The summed E-state index contributed by atoms with van der Waals surface area (Å²) in [6, 6.07) is 5.99. The van der Waals surface area contributed by atoms with Crippen molar-refractivity contribution in [1.29, 1.82) is 0 Å². The predicted octanol–water partition coefficient (Wildman–Crippen LogP) is 2.89. The highest BCUT2D eigenvalue weighted by Gasteiger charge is 2.15. The van der Waals surface area contributed by atoms with Crippen LogP contribution in [0.2, 0.25) is 0 Å². The smallest absolute Gasteiger partial charge is 0.275 e. The van der Waals surface area contributed by atoms with E-state index in [2.05, 4.69) is 33.0 Å². The molecule has 18 heavy (non-hydrogen) atoms. The van der Waals surface area contributed by atoms with Crippen LogP contribution >= 0.6 is 22.6 Å². The Morgan fingerprint density at radius 2 is 2.11 bits per heavy atom. The number of hydrogen-bond acceptors (Lipinski definition) is 2. The maximum absolute atomic E-state index is 12.2. The fourth-order valence-corrected chi connectivity index (χ4v) is 2.44. The van der Waals surface area contributed by atoms with Crippen molar-refractivity contribution < 1.29 is 4.79 Å². The first-order valence-corrected chi connectivity index (χ1v) is 6.63. The zero-order valence-electron chi connectivity index (χ0n) is 10.5. The molecule has 0 spiro atoms. The van der Waals surface area contributed by atoms with E-state index in [-0.39, 0.29) is 5.91 Å². The van der Waals surface area contributed by atoms with Crippen LogP contribution in [0.25, 0.3) is 0 Å². The Morgan fingerprint density at radius 1 is 1.39 bits per heavy atom. The number of rotatable bonds is 2. The van der Waals surface area contributed by atoms with Gasteiger partial charge in [-0.05, 0) is 53.6 Å². The minimum atomic E-state index is -0.131. The number of carbonyl (C=O) groups excluding carboxylic acids is 1. The first-order chi connectivity index (χ1) is 8.49. The van der Waals surface area contributed by atoms with E-state index in [0.29, 0.717) is 5.69 Å². The molecule has 94 valence electrons. The van der Waals surface area contributed by atoms with E-state index in [1.54, 1.807) is 17.9 Å². The molecular formula is C13H14IN3O. The largest absolute Gasteiger partial charge is 0.320 e. The normalized spacial score (nSPS) is 10.4. The Balaban J connectivity index is 2.30. The number of nitrogens with zero attached hydrogens (tertiary/aromatic N) is 2. The monoisotopic (exact) mass is 355 g/mol. The van der Waals surface area contributed by atoms with Crippen LogP contribution in [0.3, 0.4) is 0 Å². The van der Waals surface area contributed by atoms with E-state index >= 15 is 0 Å². The van der Waals surface area contributed by atoms with Crippen LogP contribution in [0.15, 0.2) is 24.4 Å². The molecule has 0 bridgehead atoms. The first-order valence-electron chi connectivity index (χ1n) is 5.55. The second-order valence-corrected chi connectivity index (χ2v) is 5.40. The quantitative estimate of drug-likeness (QED) is 0.843. The summed E-state index contributed by atoms with van der Waals surface area (Å²) in [5.74, 6) is -0.131. The van der Waals surface area contributed by atoms with Gasteiger partial charge in [-0.2, -0.15) is 5.10 Å². The number of anilines is 1. The predicted molar refractivity (Wildman–Crippen MR) is 79.8 cm³/mol. The zero-order valence-corrected chi connectivity index (χ0v) is 12.6. The first kappa shape index (κ1) is 13.1. The Labute approximate surface area is 120 Å². The van der Waals surface area contributed by atoms with Crippen molar-refractivity contribution in [3.05, 3.63) is 44.8 Å². The van der Waals surface area contributed by atoms with Gasteiger partial charge in [-0.25, -0.2) is 0 Å². The van der Waals surface area contributed by atoms with Crippen molar-refractivity contribution in [2.45, 2.75) is 13.8 Å². The second-order valence-electron chi connectivity index (χ2n) is 4.24. The van der Waals surface area contributed by atoms with Crippen molar-refractivity contribution in [2.75, 3.05) is 5.32 Å². The van der Waals surface area contributed by atoms with Gasteiger partial charge in [0.2, 0.25) is 0 Å². The van der Waals surface area contributed by atoms with Crippen LogP contribution in [-0.4, -0.2) is 15.7 Å². The van der Waals surface area contributed by atoms with Gasteiger partial charge in [0.1, 0.15) is 5.69 Å². The Kier molecular flexibility index (Phi) is 3.70. The van der Waals surface area contributed by atoms with Crippen LogP contribution in [0.5, 0.6) is 0 Å². The molecule has 0 saturated carbocycles. The molecule has 0 fully saturated rings. The third-order valence-electron chi connectivity index (χ3n) is 2.75. The Morgan fingerprint density at radius 3 is 2.72 bits per heavy atom. The van der Waals surface area contributed by atoms with Crippen LogP contribution in [0.4, 0.5) is 5.69 Å². The summed E-state index contributed by atoms with van der Waals surface area (Å²) in [5, 5.41) is 7.00. The molecule has 5 heteroatoms. The maximum Gasteiger partial charge on any atom is 0.275 e. The van der Waals surface area contributed by atoms with E-state index in [1.807, 2.05) is 32.0 Å².